The topological polar surface area (TPSA) is 63.6 Å². The lowest BCUT2D eigenvalue weighted by atomic mass is 10.1. The highest BCUT2D eigenvalue weighted by molar-refractivity contribution is 6.06. The maximum Gasteiger partial charge on any atom is 0.272 e. The van der Waals surface area contributed by atoms with Gasteiger partial charge in [0, 0.05) is 16.6 Å². The van der Waals surface area contributed by atoms with Gasteiger partial charge >= 0.3 is 0 Å². The zero-order valence-corrected chi connectivity index (χ0v) is 14.2. The number of hydrazone groups is 1. The van der Waals surface area contributed by atoms with Crippen molar-refractivity contribution in [1.82, 2.24) is 10.4 Å². The fraction of sp³-hybridized carbons (Fsp3) is 0.150. The normalized spacial score (nSPS) is 11.0. The van der Waals surface area contributed by atoms with Crippen LogP contribution in [0.25, 0.3) is 10.9 Å². The lowest BCUT2D eigenvalue weighted by molar-refractivity contribution is 0.0956. The van der Waals surface area contributed by atoms with E-state index < -0.39 is 0 Å². The fourth-order valence-electron chi connectivity index (χ4n) is 2.59. The second-order valence-electron chi connectivity index (χ2n) is 5.50. The van der Waals surface area contributed by atoms with Crippen LogP contribution in [0.1, 0.15) is 28.5 Å². The quantitative estimate of drug-likeness (QED) is 0.572. The van der Waals surface area contributed by atoms with Crippen LogP contribution in [0.4, 0.5) is 0 Å². The van der Waals surface area contributed by atoms with Crippen LogP contribution in [-0.4, -0.2) is 23.7 Å². The minimum atomic E-state index is -0.271. The Morgan fingerprint density at radius 1 is 1.20 bits per heavy atom. The monoisotopic (exact) mass is 333 g/mol. The third-order valence-electron chi connectivity index (χ3n) is 3.68. The fourth-order valence-corrected chi connectivity index (χ4v) is 2.59. The Labute approximate surface area is 146 Å². The first-order valence-corrected chi connectivity index (χ1v) is 8.10. The van der Waals surface area contributed by atoms with Crippen molar-refractivity contribution in [2.24, 2.45) is 5.10 Å². The van der Waals surface area contributed by atoms with Gasteiger partial charge in [-0.25, -0.2) is 5.43 Å². The number of fused-ring (bicyclic) bond motifs is 1. The molecule has 5 nitrogen and oxygen atoms in total. The summed E-state index contributed by atoms with van der Waals surface area (Å²) in [6.07, 6.45) is 1.58. The lowest BCUT2D eigenvalue weighted by Gasteiger charge is -2.07. The molecular formula is C20H19N3O2. The van der Waals surface area contributed by atoms with Gasteiger partial charge in [0.25, 0.3) is 5.91 Å². The van der Waals surface area contributed by atoms with E-state index >= 15 is 0 Å². The summed E-state index contributed by atoms with van der Waals surface area (Å²) in [7, 11) is 0. The molecule has 2 aromatic carbocycles. The number of carbonyl (C=O) groups is 1. The number of aromatic nitrogens is 1. The molecule has 0 atom stereocenters. The molecule has 1 amide bonds. The number of carbonyl (C=O) groups excluding carboxylic acids is 1. The predicted octanol–water partition coefficient (Wildman–Crippen LogP) is 3.71. The van der Waals surface area contributed by atoms with Gasteiger partial charge < -0.3 is 4.74 Å². The number of hydrogen-bond acceptors (Lipinski definition) is 4. The van der Waals surface area contributed by atoms with E-state index in [9.17, 15) is 4.79 Å². The third-order valence-corrected chi connectivity index (χ3v) is 3.68. The van der Waals surface area contributed by atoms with Gasteiger partial charge in [-0.3, -0.25) is 9.78 Å². The van der Waals surface area contributed by atoms with E-state index in [-0.39, 0.29) is 5.91 Å². The van der Waals surface area contributed by atoms with Gasteiger partial charge in [0.05, 0.1) is 23.9 Å². The highest BCUT2D eigenvalue weighted by Gasteiger charge is 2.11. The first-order chi connectivity index (χ1) is 12.2. The Kier molecular flexibility index (Phi) is 5.04. The summed E-state index contributed by atoms with van der Waals surface area (Å²) in [5.41, 5.74) is 5.52. The number of aryl methyl sites for hydroxylation is 1. The second kappa shape index (κ2) is 7.57. The Hall–Kier alpha value is -3.21. The highest BCUT2D eigenvalue weighted by Crippen LogP contribution is 2.18. The van der Waals surface area contributed by atoms with E-state index in [0.717, 1.165) is 27.9 Å². The molecule has 0 spiro atoms. The van der Waals surface area contributed by atoms with Crippen LogP contribution in [0.5, 0.6) is 5.75 Å². The number of ether oxygens (including phenoxy) is 1. The molecule has 0 aliphatic carbocycles. The standard InChI is InChI=1S/C20H19N3O2/c1-3-25-19-11-7-4-8-15(19)13-21-23-20(24)17-12-14(2)22-18-10-6-5-9-16(17)18/h4-13H,3H2,1-2H3,(H,23,24)/b21-13-. The van der Waals surface area contributed by atoms with Crippen molar-refractivity contribution in [1.29, 1.82) is 0 Å². The number of benzene rings is 2. The molecule has 0 unspecified atom stereocenters. The molecule has 3 aromatic rings. The molecule has 1 heterocycles. The zero-order valence-electron chi connectivity index (χ0n) is 14.2. The number of nitrogens with zero attached hydrogens (tertiary/aromatic N) is 2. The van der Waals surface area contributed by atoms with E-state index in [2.05, 4.69) is 15.5 Å². The van der Waals surface area contributed by atoms with Crippen molar-refractivity contribution in [2.75, 3.05) is 6.61 Å². The number of amides is 1. The smallest absolute Gasteiger partial charge is 0.272 e. The third kappa shape index (κ3) is 3.83. The maximum absolute atomic E-state index is 12.5. The van der Waals surface area contributed by atoms with E-state index in [1.165, 1.54) is 0 Å². The van der Waals surface area contributed by atoms with Crippen LogP contribution in [0.2, 0.25) is 0 Å². The Morgan fingerprint density at radius 2 is 1.96 bits per heavy atom. The number of rotatable bonds is 5. The molecule has 0 bridgehead atoms. The SMILES string of the molecule is CCOc1ccccc1/C=N\NC(=O)c1cc(C)nc2ccccc12. The molecular weight excluding hydrogens is 314 g/mol. The number of pyridine rings is 1. The Balaban J connectivity index is 1.82. The summed E-state index contributed by atoms with van der Waals surface area (Å²) in [6.45, 7) is 4.36. The van der Waals surface area contributed by atoms with Crippen molar-refractivity contribution in [3.63, 3.8) is 0 Å². The molecule has 25 heavy (non-hydrogen) atoms. The first kappa shape index (κ1) is 16.6. The van der Waals surface area contributed by atoms with Crippen molar-refractivity contribution >= 4 is 23.0 Å². The molecule has 0 aliphatic rings. The minimum absolute atomic E-state index is 0.271. The summed E-state index contributed by atoms with van der Waals surface area (Å²) in [6, 6.07) is 16.9. The molecule has 1 N–H and O–H groups in total. The van der Waals surface area contributed by atoms with Crippen LogP contribution in [0, 0.1) is 6.92 Å². The van der Waals surface area contributed by atoms with Gasteiger partial charge in [0.1, 0.15) is 5.75 Å². The molecule has 0 saturated heterocycles. The first-order valence-electron chi connectivity index (χ1n) is 8.10. The number of hydrogen-bond donors (Lipinski definition) is 1. The van der Waals surface area contributed by atoms with Crippen LogP contribution < -0.4 is 10.2 Å². The van der Waals surface area contributed by atoms with Crippen LogP contribution in [0.15, 0.2) is 59.7 Å². The second-order valence-corrected chi connectivity index (χ2v) is 5.50. The Bertz CT molecular complexity index is 935. The van der Waals surface area contributed by atoms with Crippen molar-refractivity contribution in [3.8, 4) is 5.75 Å². The molecule has 0 aliphatic heterocycles. The predicted molar refractivity (Wildman–Crippen MR) is 99.2 cm³/mol. The van der Waals surface area contributed by atoms with E-state index in [4.69, 9.17) is 4.74 Å². The summed E-state index contributed by atoms with van der Waals surface area (Å²) < 4.78 is 5.54. The van der Waals surface area contributed by atoms with E-state index in [1.807, 2.05) is 62.4 Å². The van der Waals surface area contributed by atoms with Gasteiger partial charge in [0.15, 0.2) is 0 Å². The molecule has 0 saturated carbocycles. The lowest BCUT2D eigenvalue weighted by Crippen LogP contribution is -2.18. The maximum atomic E-state index is 12.5. The number of nitrogens with one attached hydrogen (secondary N) is 1. The Morgan fingerprint density at radius 3 is 2.80 bits per heavy atom. The van der Waals surface area contributed by atoms with Crippen molar-refractivity contribution in [2.45, 2.75) is 13.8 Å². The summed E-state index contributed by atoms with van der Waals surface area (Å²) in [4.78, 5) is 17.0. The zero-order chi connectivity index (χ0) is 17.6. The average molecular weight is 333 g/mol. The van der Waals surface area contributed by atoms with Gasteiger partial charge in [0.2, 0.25) is 0 Å². The van der Waals surface area contributed by atoms with Gasteiger partial charge in [-0.05, 0) is 38.1 Å². The van der Waals surface area contributed by atoms with Crippen molar-refractivity contribution in [3.05, 3.63) is 71.4 Å². The summed E-state index contributed by atoms with van der Waals surface area (Å²) >= 11 is 0. The van der Waals surface area contributed by atoms with Crippen molar-refractivity contribution < 1.29 is 9.53 Å². The van der Waals surface area contributed by atoms with Gasteiger partial charge in [-0.2, -0.15) is 5.10 Å². The molecule has 1 aromatic heterocycles. The van der Waals surface area contributed by atoms with Gasteiger partial charge in [-0.15, -0.1) is 0 Å². The van der Waals surface area contributed by atoms with E-state index in [1.54, 1.807) is 12.3 Å². The average Bonchev–Trinajstić information content (AvgIpc) is 2.62. The summed E-state index contributed by atoms with van der Waals surface area (Å²) in [5.74, 6) is 0.458. The molecule has 5 heteroatoms. The van der Waals surface area contributed by atoms with E-state index in [0.29, 0.717) is 12.2 Å². The number of para-hydroxylation sites is 2. The highest BCUT2D eigenvalue weighted by atomic mass is 16.5. The van der Waals surface area contributed by atoms with Crippen LogP contribution >= 0.6 is 0 Å². The molecule has 0 fully saturated rings. The van der Waals surface area contributed by atoms with Gasteiger partial charge in [-0.1, -0.05) is 30.3 Å². The molecule has 0 radical (unpaired) electrons. The minimum Gasteiger partial charge on any atom is -0.493 e. The largest absolute Gasteiger partial charge is 0.493 e. The molecule has 126 valence electrons. The molecule has 3 rings (SSSR count). The summed E-state index contributed by atoms with van der Waals surface area (Å²) in [5, 5.41) is 4.87. The van der Waals surface area contributed by atoms with Crippen LogP contribution in [0.3, 0.4) is 0 Å². The van der Waals surface area contributed by atoms with Crippen LogP contribution in [-0.2, 0) is 0 Å².